The molecule has 2 unspecified atom stereocenters. The van der Waals surface area contributed by atoms with Gasteiger partial charge in [0.2, 0.25) is 0 Å². The molecule has 2 bridgehead atoms. The first kappa shape index (κ1) is 14.5. The van der Waals surface area contributed by atoms with Gasteiger partial charge in [-0.15, -0.1) is 0 Å². The quantitative estimate of drug-likeness (QED) is 0.760. The lowest BCUT2D eigenvalue weighted by molar-refractivity contribution is -0.174. The zero-order valence-corrected chi connectivity index (χ0v) is 13.4. The third-order valence-electron chi connectivity index (χ3n) is 5.44. The fraction of sp³-hybridized carbons (Fsp3) is 1.00. The molecule has 3 saturated carbocycles. The molecule has 18 heavy (non-hydrogen) atoms. The fourth-order valence-corrected chi connectivity index (χ4v) is 4.79. The van der Waals surface area contributed by atoms with Crippen LogP contribution in [0.2, 0.25) is 18.1 Å². The number of fused-ring (bicyclic) bond motifs is 3. The Morgan fingerprint density at radius 1 is 1.22 bits per heavy atom. The lowest BCUT2D eigenvalue weighted by Gasteiger charge is -2.56. The van der Waals surface area contributed by atoms with E-state index in [9.17, 15) is 10.2 Å². The summed E-state index contributed by atoms with van der Waals surface area (Å²) in [5, 5.41) is 20.6. The summed E-state index contributed by atoms with van der Waals surface area (Å²) < 4.78 is 6.53. The van der Waals surface area contributed by atoms with Crippen molar-refractivity contribution in [1.29, 1.82) is 0 Å². The van der Waals surface area contributed by atoms with Gasteiger partial charge < -0.3 is 14.6 Å². The van der Waals surface area contributed by atoms with Gasteiger partial charge in [0.15, 0.2) is 8.32 Å². The van der Waals surface area contributed by atoms with E-state index in [1.165, 1.54) is 0 Å². The van der Waals surface area contributed by atoms with E-state index in [0.717, 1.165) is 12.8 Å². The Kier molecular flexibility index (Phi) is 3.47. The molecule has 2 N–H and O–H groups in total. The van der Waals surface area contributed by atoms with Crippen LogP contribution in [0.3, 0.4) is 0 Å². The zero-order chi connectivity index (χ0) is 13.8. The summed E-state index contributed by atoms with van der Waals surface area (Å²) in [6.45, 7) is 11.1. The summed E-state index contributed by atoms with van der Waals surface area (Å²) in [4.78, 5) is 0. The van der Waals surface area contributed by atoms with E-state index in [4.69, 9.17) is 4.43 Å². The minimum Gasteiger partial charge on any atom is -0.409 e. The standard InChI is InChI=1S/C14H28O3Si/c1-13(2,3)18(4,5)17-14-7-6-10(8-12(14)16)11(15)9-14/h10-12,15-16H,6-9H2,1-5H3/t10-,11?,12?,14+/m0/s1. The van der Waals surface area contributed by atoms with E-state index in [0.29, 0.717) is 12.8 Å². The van der Waals surface area contributed by atoms with Crippen LogP contribution in [0.5, 0.6) is 0 Å². The summed E-state index contributed by atoms with van der Waals surface area (Å²) in [6, 6.07) is 0. The molecule has 0 aromatic heterocycles. The topological polar surface area (TPSA) is 49.7 Å². The Hall–Kier alpha value is 0.0969. The van der Waals surface area contributed by atoms with E-state index in [1.807, 2.05) is 0 Å². The van der Waals surface area contributed by atoms with Crippen LogP contribution in [0.1, 0.15) is 46.5 Å². The summed E-state index contributed by atoms with van der Waals surface area (Å²) in [5.41, 5.74) is -0.475. The monoisotopic (exact) mass is 272 g/mol. The highest BCUT2D eigenvalue weighted by Crippen LogP contribution is 2.50. The molecule has 3 aliphatic carbocycles. The van der Waals surface area contributed by atoms with Crippen molar-refractivity contribution in [2.24, 2.45) is 5.92 Å². The number of hydrogen-bond acceptors (Lipinski definition) is 3. The average Bonchev–Trinajstić information content (AvgIpc) is 2.18. The van der Waals surface area contributed by atoms with Crippen LogP contribution in [0.4, 0.5) is 0 Å². The molecule has 0 radical (unpaired) electrons. The predicted molar refractivity (Wildman–Crippen MR) is 75.0 cm³/mol. The van der Waals surface area contributed by atoms with Crippen molar-refractivity contribution >= 4 is 8.32 Å². The maximum Gasteiger partial charge on any atom is 0.192 e. The molecule has 0 saturated heterocycles. The highest BCUT2D eigenvalue weighted by molar-refractivity contribution is 6.74. The molecular formula is C14H28O3Si. The van der Waals surface area contributed by atoms with Crippen molar-refractivity contribution in [3.05, 3.63) is 0 Å². The molecule has 3 nitrogen and oxygen atoms in total. The van der Waals surface area contributed by atoms with Gasteiger partial charge in [-0.1, -0.05) is 20.8 Å². The van der Waals surface area contributed by atoms with Crippen molar-refractivity contribution in [3.8, 4) is 0 Å². The summed E-state index contributed by atoms with van der Waals surface area (Å²) in [6.07, 6.45) is 2.54. The molecule has 0 aromatic carbocycles. The SMILES string of the molecule is CC(C)(C)[Si](C)(C)O[C@@]12CC[C@@H](CC1O)C(O)C2. The lowest BCUT2D eigenvalue weighted by atomic mass is 9.64. The summed E-state index contributed by atoms with van der Waals surface area (Å²) in [7, 11) is -1.90. The molecule has 106 valence electrons. The van der Waals surface area contributed by atoms with Gasteiger partial charge in [0.25, 0.3) is 0 Å². The second-order valence-corrected chi connectivity index (χ2v) is 12.5. The molecule has 4 heteroatoms. The first-order valence-electron chi connectivity index (χ1n) is 7.14. The minimum atomic E-state index is -1.90. The molecule has 3 aliphatic rings. The van der Waals surface area contributed by atoms with E-state index in [2.05, 4.69) is 33.9 Å². The van der Waals surface area contributed by atoms with E-state index < -0.39 is 20.0 Å². The average molecular weight is 272 g/mol. The largest absolute Gasteiger partial charge is 0.409 e. The third-order valence-corrected chi connectivity index (χ3v) is 9.96. The van der Waals surface area contributed by atoms with Crippen molar-refractivity contribution in [1.82, 2.24) is 0 Å². The highest BCUT2D eigenvalue weighted by Gasteiger charge is 2.55. The number of aliphatic hydroxyl groups is 2. The van der Waals surface area contributed by atoms with Crippen molar-refractivity contribution in [3.63, 3.8) is 0 Å². The first-order chi connectivity index (χ1) is 8.07. The van der Waals surface area contributed by atoms with Crippen LogP contribution in [0.25, 0.3) is 0 Å². The highest BCUT2D eigenvalue weighted by atomic mass is 28.4. The molecule has 3 rings (SSSR count). The smallest absolute Gasteiger partial charge is 0.192 e. The third kappa shape index (κ3) is 2.28. The fourth-order valence-electron chi connectivity index (χ4n) is 3.15. The van der Waals surface area contributed by atoms with Crippen LogP contribution in [-0.4, -0.2) is 36.3 Å². The van der Waals surface area contributed by atoms with Crippen LogP contribution < -0.4 is 0 Å². The van der Waals surface area contributed by atoms with E-state index >= 15 is 0 Å². The normalized spacial score (nSPS) is 41.2. The molecule has 0 spiro atoms. The summed E-state index contributed by atoms with van der Waals surface area (Å²) >= 11 is 0. The van der Waals surface area contributed by atoms with Crippen LogP contribution >= 0.6 is 0 Å². The second-order valence-electron chi connectivity index (χ2n) is 7.75. The van der Waals surface area contributed by atoms with Crippen LogP contribution in [0.15, 0.2) is 0 Å². The molecule has 0 aliphatic heterocycles. The Labute approximate surface area is 112 Å². The van der Waals surface area contributed by atoms with Gasteiger partial charge in [-0.25, -0.2) is 0 Å². The van der Waals surface area contributed by atoms with Crippen molar-refractivity contribution in [2.75, 3.05) is 0 Å². The Bertz CT molecular complexity index is 323. The number of rotatable bonds is 2. The van der Waals surface area contributed by atoms with E-state index in [-0.39, 0.29) is 17.1 Å². The predicted octanol–water partition coefficient (Wildman–Crippen LogP) is 2.67. The number of aliphatic hydroxyl groups excluding tert-OH is 2. The van der Waals surface area contributed by atoms with Gasteiger partial charge in [0.1, 0.15) is 0 Å². The maximum atomic E-state index is 10.4. The Balaban J connectivity index is 2.21. The van der Waals surface area contributed by atoms with E-state index in [1.54, 1.807) is 0 Å². The van der Waals surface area contributed by atoms with Crippen LogP contribution in [0, 0.1) is 5.92 Å². The van der Waals surface area contributed by atoms with Gasteiger partial charge in [0.05, 0.1) is 17.8 Å². The van der Waals surface area contributed by atoms with Crippen LogP contribution in [-0.2, 0) is 4.43 Å². The zero-order valence-electron chi connectivity index (χ0n) is 12.4. The molecular weight excluding hydrogens is 244 g/mol. The Morgan fingerprint density at radius 3 is 2.28 bits per heavy atom. The van der Waals surface area contributed by atoms with Gasteiger partial charge in [-0.3, -0.25) is 0 Å². The molecule has 0 aromatic rings. The Morgan fingerprint density at radius 2 is 1.83 bits per heavy atom. The minimum absolute atomic E-state index is 0.140. The first-order valence-corrected chi connectivity index (χ1v) is 10.0. The van der Waals surface area contributed by atoms with Gasteiger partial charge in [-0.2, -0.15) is 0 Å². The van der Waals surface area contributed by atoms with Gasteiger partial charge in [0, 0.05) is 6.42 Å². The molecule has 0 heterocycles. The molecule has 0 amide bonds. The van der Waals surface area contributed by atoms with Crippen molar-refractivity contribution in [2.45, 2.75) is 82.4 Å². The second kappa shape index (κ2) is 4.30. The van der Waals surface area contributed by atoms with Crippen molar-refractivity contribution < 1.29 is 14.6 Å². The summed E-state index contributed by atoms with van der Waals surface area (Å²) in [5.74, 6) is 0.282. The molecule has 3 fully saturated rings. The number of hydrogen-bond donors (Lipinski definition) is 2. The van der Waals surface area contributed by atoms with Gasteiger partial charge in [-0.05, 0) is 43.3 Å². The lowest BCUT2D eigenvalue weighted by Crippen LogP contribution is -2.63. The maximum absolute atomic E-state index is 10.4. The molecule has 4 atom stereocenters. The van der Waals surface area contributed by atoms with Gasteiger partial charge >= 0.3 is 0 Å².